The van der Waals surface area contributed by atoms with Crippen molar-refractivity contribution in [3.8, 4) is 11.5 Å². The highest BCUT2D eigenvalue weighted by molar-refractivity contribution is 6.32. The molecule has 1 aliphatic carbocycles. The molecule has 0 aromatic carbocycles. The molecule has 3 rings (SSSR count). The summed E-state index contributed by atoms with van der Waals surface area (Å²) < 4.78 is 5.49. The molecule has 0 aliphatic heterocycles. The summed E-state index contributed by atoms with van der Waals surface area (Å²) in [5, 5.41) is 8.08. The van der Waals surface area contributed by atoms with Crippen LogP contribution < -0.4 is 5.73 Å². The second kappa shape index (κ2) is 3.41. The van der Waals surface area contributed by atoms with E-state index in [1.165, 1.54) is 6.33 Å². The van der Waals surface area contributed by atoms with Crippen LogP contribution in [0.2, 0.25) is 5.15 Å². The van der Waals surface area contributed by atoms with Gasteiger partial charge in [-0.05, 0) is 12.8 Å². The fraction of sp³-hybridized carbons (Fsp3) is 0.333. The third kappa shape index (κ3) is 1.51. The van der Waals surface area contributed by atoms with E-state index in [0.29, 0.717) is 17.4 Å². The number of anilines is 1. The monoisotopic (exact) mass is 237 g/mol. The summed E-state index contributed by atoms with van der Waals surface area (Å²) in [4.78, 5) is 7.67. The second-order valence-electron chi connectivity index (χ2n) is 3.64. The minimum absolute atomic E-state index is 0.221. The Hall–Kier alpha value is -1.69. The number of nitrogen functional groups attached to an aromatic ring is 1. The van der Waals surface area contributed by atoms with E-state index in [1.54, 1.807) is 0 Å². The Morgan fingerprint density at radius 1 is 1.31 bits per heavy atom. The normalized spacial score (nSPS) is 15.3. The zero-order valence-electron chi connectivity index (χ0n) is 8.22. The minimum Gasteiger partial charge on any atom is -0.420 e. The molecule has 6 nitrogen and oxygen atoms in total. The molecule has 0 atom stereocenters. The Bertz CT molecular complexity index is 516. The Balaban J connectivity index is 2.06. The molecular weight excluding hydrogens is 230 g/mol. The molecule has 2 aromatic rings. The lowest BCUT2D eigenvalue weighted by Gasteiger charge is -2.00. The van der Waals surface area contributed by atoms with E-state index in [1.807, 2.05) is 0 Å². The quantitative estimate of drug-likeness (QED) is 0.799. The SMILES string of the molecule is Nc1ncnc(Cl)c1-c1nnc(C2CC2)o1. The van der Waals surface area contributed by atoms with Gasteiger partial charge < -0.3 is 10.2 Å². The van der Waals surface area contributed by atoms with E-state index in [-0.39, 0.29) is 16.9 Å². The van der Waals surface area contributed by atoms with Crippen LogP contribution in [0.5, 0.6) is 0 Å². The van der Waals surface area contributed by atoms with Gasteiger partial charge in [-0.3, -0.25) is 0 Å². The first-order valence-electron chi connectivity index (χ1n) is 4.85. The first-order chi connectivity index (χ1) is 7.75. The molecule has 0 spiro atoms. The average molecular weight is 238 g/mol. The maximum atomic E-state index is 5.91. The van der Waals surface area contributed by atoms with Gasteiger partial charge in [-0.2, -0.15) is 0 Å². The van der Waals surface area contributed by atoms with Gasteiger partial charge in [0, 0.05) is 5.92 Å². The molecule has 1 aliphatic rings. The standard InChI is InChI=1S/C9H8ClN5O/c10-6-5(7(11)13-3-12-6)9-15-14-8(16-9)4-1-2-4/h3-4H,1-2H2,(H2,11,12,13). The van der Waals surface area contributed by atoms with Gasteiger partial charge in [0.2, 0.25) is 5.89 Å². The van der Waals surface area contributed by atoms with Crippen LogP contribution in [0.4, 0.5) is 5.82 Å². The molecule has 0 amide bonds. The zero-order valence-corrected chi connectivity index (χ0v) is 8.98. The number of nitrogens with zero attached hydrogens (tertiary/aromatic N) is 4. The highest BCUT2D eigenvalue weighted by Crippen LogP contribution is 2.40. The molecule has 16 heavy (non-hydrogen) atoms. The second-order valence-corrected chi connectivity index (χ2v) is 4.00. The molecule has 82 valence electrons. The highest BCUT2D eigenvalue weighted by Gasteiger charge is 2.30. The van der Waals surface area contributed by atoms with Crippen molar-refractivity contribution in [1.82, 2.24) is 20.2 Å². The Morgan fingerprint density at radius 2 is 2.12 bits per heavy atom. The lowest BCUT2D eigenvalue weighted by molar-refractivity contribution is 0.508. The van der Waals surface area contributed by atoms with Crippen molar-refractivity contribution >= 4 is 17.4 Å². The summed E-state index contributed by atoms with van der Waals surface area (Å²) in [6, 6.07) is 0. The predicted molar refractivity (Wildman–Crippen MR) is 56.7 cm³/mol. The van der Waals surface area contributed by atoms with Crippen LogP contribution in [0.3, 0.4) is 0 Å². The Labute approximate surface area is 95.9 Å². The molecule has 2 N–H and O–H groups in total. The molecule has 0 bridgehead atoms. The molecule has 2 heterocycles. The van der Waals surface area contributed by atoms with E-state index < -0.39 is 0 Å². The van der Waals surface area contributed by atoms with Crippen molar-refractivity contribution < 1.29 is 4.42 Å². The van der Waals surface area contributed by atoms with Gasteiger partial charge >= 0.3 is 0 Å². The van der Waals surface area contributed by atoms with Gasteiger partial charge in [0.15, 0.2) is 0 Å². The maximum absolute atomic E-state index is 5.91. The summed E-state index contributed by atoms with van der Waals surface area (Å²) in [7, 11) is 0. The smallest absolute Gasteiger partial charge is 0.254 e. The van der Waals surface area contributed by atoms with E-state index in [0.717, 1.165) is 12.8 Å². The van der Waals surface area contributed by atoms with E-state index >= 15 is 0 Å². The first kappa shape index (κ1) is 9.53. The van der Waals surface area contributed by atoms with Gasteiger partial charge in [-0.25, -0.2) is 9.97 Å². The molecule has 0 saturated heterocycles. The lowest BCUT2D eigenvalue weighted by atomic mass is 10.3. The minimum atomic E-state index is 0.221. The predicted octanol–water partition coefficient (Wildman–Crippen LogP) is 1.64. The van der Waals surface area contributed by atoms with Crippen LogP contribution in [0.1, 0.15) is 24.7 Å². The summed E-state index contributed by atoms with van der Waals surface area (Å²) >= 11 is 5.91. The summed E-state index contributed by atoms with van der Waals surface area (Å²) in [6.07, 6.45) is 3.48. The van der Waals surface area contributed by atoms with Gasteiger partial charge in [0.05, 0.1) is 0 Å². The summed E-state index contributed by atoms with van der Waals surface area (Å²) in [5.41, 5.74) is 6.10. The van der Waals surface area contributed by atoms with Gasteiger partial charge in [0.25, 0.3) is 5.89 Å². The summed E-state index contributed by atoms with van der Waals surface area (Å²) in [5.74, 6) is 1.55. The zero-order chi connectivity index (χ0) is 11.1. The van der Waals surface area contributed by atoms with Crippen LogP contribution >= 0.6 is 11.6 Å². The van der Waals surface area contributed by atoms with Crippen LogP contribution in [0, 0.1) is 0 Å². The lowest BCUT2D eigenvalue weighted by Crippen LogP contribution is -1.96. The van der Waals surface area contributed by atoms with E-state index in [2.05, 4.69) is 20.2 Å². The van der Waals surface area contributed by atoms with Crippen molar-refractivity contribution in [3.63, 3.8) is 0 Å². The third-order valence-corrected chi connectivity index (χ3v) is 2.70. The number of hydrogen-bond donors (Lipinski definition) is 1. The van der Waals surface area contributed by atoms with Crippen molar-refractivity contribution in [2.45, 2.75) is 18.8 Å². The van der Waals surface area contributed by atoms with Crippen LogP contribution in [-0.4, -0.2) is 20.2 Å². The molecule has 0 radical (unpaired) electrons. The summed E-state index contributed by atoms with van der Waals surface area (Å²) in [6.45, 7) is 0. The topological polar surface area (TPSA) is 90.7 Å². The van der Waals surface area contributed by atoms with Crippen molar-refractivity contribution in [1.29, 1.82) is 0 Å². The van der Waals surface area contributed by atoms with E-state index in [4.69, 9.17) is 21.8 Å². The number of aromatic nitrogens is 4. The van der Waals surface area contributed by atoms with Crippen LogP contribution in [-0.2, 0) is 0 Å². The molecule has 1 fully saturated rings. The van der Waals surface area contributed by atoms with Gasteiger partial charge in [-0.15, -0.1) is 10.2 Å². The molecule has 0 unspecified atom stereocenters. The average Bonchev–Trinajstić information content (AvgIpc) is 2.99. The highest BCUT2D eigenvalue weighted by atomic mass is 35.5. The fourth-order valence-electron chi connectivity index (χ4n) is 1.41. The fourth-order valence-corrected chi connectivity index (χ4v) is 1.63. The van der Waals surface area contributed by atoms with Crippen molar-refractivity contribution in [3.05, 3.63) is 17.4 Å². The van der Waals surface area contributed by atoms with Gasteiger partial charge in [-0.1, -0.05) is 11.6 Å². The van der Waals surface area contributed by atoms with Crippen LogP contribution in [0.15, 0.2) is 10.7 Å². The number of nitrogens with two attached hydrogens (primary N) is 1. The Kier molecular flexibility index (Phi) is 2.03. The Morgan fingerprint density at radius 3 is 2.81 bits per heavy atom. The number of halogens is 1. The molecule has 7 heteroatoms. The maximum Gasteiger partial charge on any atom is 0.254 e. The third-order valence-electron chi connectivity index (χ3n) is 2.41. The van der Waals surface area contributed by atoms with Crippen molar-refractivity contribution in [2.24, 2.45) is 0 Å². The largest absolute Gasteiger partial charge is 0.420 e. The first-order valence-corrected chi connectivity index (χ1v) is 5.23. The van der Waals surface area contributed by atoms with Gasteiger partial charge in [0.1, 0.15) is 22.9 Å². The molecular formula is C9H8ClN5O. The number of rotatable bonds is 2. The van der Waals surface area contributed by atoms with Crippen LogP contribution in [0.25, 0.3) is 11.5 Å². The molecule has 2 aromatic heterocycles. The van der Waals surface area contributed by atoms with E-state index in [9.17, 15) is 0 Å². The number of hydrogen-bond acceptors (Lipinski definition) is 6. The molecule has 1 saturated carbocycles. The van der Waals surface area contributed by atoms with Crippen molar-refractivity contribution in [2.75, 3.05) is 5.73 Å².